The Hall–Kier alpha value is -1.20. The topological polar surface area (TPSA) is 34.0 Å². The molecule has 0 aliphatic rings. The molecule has 17 heavy (non-hydrogen) atoms. The van der Waals surface area contributed by atoms with Crippen LogP contribution in [0.25, 0.3) is 0 Å². The molecule has 90 valence electrons. The molecule has 0 atom stereocenters. The fourth-order valence-corrected chi connectivity index (χ4v) is 2.19. The largest absolute Gasteiger partial charge is 0.298 e. The molecule has 0 bridgehead atoms. The molecule has 0 saturated heterocycles. The van der Waals surface area contributed by atoms with E-state index < -0.39 is 0 Å². The first kappa shape index (κ1) is 12.3. The molecule has 0 unspecified atom stereocenters. The number of hydrogen-bond donors (Lipinski definition) is 0. The molecule has 5 heteroatoms. The summed E-state index contributed by atoms with van der Waals surface area (Å²) < 4.78 is 2.84. The lowest BCUT2D eigenvalue weighted by Gasteiger charge is -2.15. The summed E-state index contributed by atoms with van der Waals surface area (Å²) >= 11 is 3.43. The summed E-state index contributed by atoms with van der Waals surface area (Å²) in [6, 6.07) is 2.09. The van der Waals surface area contributed by atoms with E-state index in [0.717, 1.165) is 17.6 Å². The number of nitrogens with zero attached hydrogens (tertiary/aromatic N) is 4. The van der Waals surface area contributed by atoms with E-state index in [2.05, 4.69) is 44.0 Å². The van der Waals surface area contributed by atoms with Crippen molar-refractivity contribution in [1.29, 1.82) is 0 Å². The second-order valence-corrected chi connectivity index (χ2v) is 5.12. The van der Waals surface area contributed by atoms with Crippen LogP contribution >= 0.6 is 15.9 Å². The molecule has 2 rings (SSSR count). The smallest absolute Gasteiger partial charge is 0.0534 e. The average molecular weight is 295 g/mol. The van der Waals surface area contributed by atoms with E-state index in [0.29, 0.717) is 0 Å². The van der Waals surface area contributed by atoms with Crippen LogP contribution in [0.5, 0.6) is 0 Å². The first-order valence-electron chi connectivity index (χ1n) is 5.39. The lowest BCUT2D eigenvalue weighted by Crippen LogP contribution is -2.17. The molecule has 2 aromatic rings. The fraction of sp³-hybridized carbons (Fsp3) is 0.333. The van der Waals surface area contributed by atoms with Crippen molar-refractivity contribution in [2.45, 2.75) is 13.1 Å². The predicted octanol–water partition coefficient (Wildman–Crippen LogP) is 2.21. The van der Waals surface area contributed by atoms with Crippen LogP contribution in [0.4, 0.5) is 0 Å². The summed E-state index contributed by atoms with van der Waals surface area (Å²) in [6.45, 7) is 1.77. The summed E-state index contributed by atoms with van der Waals surface area (Å²) in [5.74, 6) is 0. The number of hydrogen-bond acceptors (Lipinski definition) is 3. The van der Waals surface area contributed by atoms with E-state index in [1.807, 2.05) is 30.3 Å². The van der Waals surface area contributed by atoms with Crippen LogP contribution in [-0.4, -0.2) is 26.7 Å². The maximum atomic E-state index is 4.16. The average Bonchev–Trinajstić information content (AvgIpc) is 2.63. The van der Waals surface area contributed by atoms with E-state index in [4.69, 9.17) is 0 Å². The van der Waals surface area contributed by atoms with E-state index in [-0.39, 0.29) is 0 Å². The highest BCUT2D eigenvalue weighted by molar-refractivity contribution is 9.10. The normalized spacial score (nSPS) is 11.1. The maximum absolute atomic E-state index is 4.16. The molecule has 0 amide bonds. The number of aromatic nitrogens is 3. The Balaban J connectivity index is 1.95. The van der Waals surface area contributed by atoms with Crippen molar-refractivity contribution < 1.29 is 0 Å². The zero-order chi connectivity index (χ0) is 12.3. The summed E-state index contributed by atoms with van der Waals surface area (Å²) in [5.41, 5.74) is 2.42. The minimum atomic E-state index is 0.876. The molecular formula is C12H15BrN4. The predicted molar refractivity (Wildman–Crippen MR) is 70.3 cm³/mol. The summed E-state index contributed by atoms with van der Waals surface area (Å²) in [6.07, 6.45) is 7.63. The fourth-order valence-electron chi connectivity index (χ4n) is 1.78. The quantitative estimate of drug-likeness (QED) is 0.867. The molecule has 2 aromatic heterocycles. The van der Waals surface area contributed by atoms with Crippen LogP contribution in [0.15, 0.2) is 35.3 Å². The molecule has 0 fully saturated rings. The highest BCUT2D eigenvalue weighted by Gasteiger charge is 2.04. The van der Waals surface area contributed by atoms with Crippen LogP contribution < -0.4 is 0 Å². The van der Waals surface area contributed by atoms with Gasteiger partial charge in [0, 0.05) is 48.8 Å². The zero-order valence-corrected chi connectivity index (χ0v) is 11.6. The second-order valence-electron chi connectivity index (χ2n) is 4.21. The van der Waals surface area contributed by atoms with Gasteiger partial charge in [0.25, 0.3) is 0 Å². The molecule has 0 saturated carbocycles. The van der Waals surface area contributed by atoms with Crippen LogP contribution in [-0.2, 0) is 20.1 Å². The molecule has 0 aromatic carbocycles. The Labute approximate surface area is 109 Å². The third-order valence-corrected chi connectivity index (χ3v) is 2.86. The van der Waals surface area contributed by atoms with Crippen LogP contribution in [0, 0.1) is 0 Å². The molecule has 0 aliphatic carbocycles. The van der Waals surface area contributed by atoms with E-state index in [1.54, 1.807) is 6.20 Å². The van der Waals surface area contributed by atoms with Gasteiger partial charge in [-0.2, -0.15) is 5.10 Å². The van der Waals surface area contributed by atoms with Crippen molar-refractivity contribution in [2.24, 2.45) is 7.05 Å². The Morgan fingerprint density at radius 3 is 2.65 bits per heavy atom. The Morgan fingerprint density at radius 1 is 1.24 bits per heavy atom. The standard InChI is InChI=1S/C12H15BrN4/c1-16(8-11-5-15-17(2)9-11)7-10-3-12(13)6-14-4-10/h3-6,9H,7-8H2,1-2H3. The van der Waals surface area contributed by atoms with Gasteiger partial charge in [-0.3, -0.25) is 14.6 Å². The number of pyridine rings is 1. The van der Waals surface area contributed by atoms with Gasteiger partial charge in [-0.1, -0.05) is 0 Å². The number of halogens is 1. The van der Waals surface area contributed by atoms with Crippen LogP contribution in [0.2, 0.25) is 0 Å². The molecule has 4 nitrogen and oxygen atoms in total. The second kappa shape index (κ2) is 5.42. The van der Waals surface area contributed by atoms with Gasteiger partial charge in [-0.25, -0.2) is 0 Å². The van der Waals surface area contributed by atoms with E-state index >= 15 is 0 Å². The van der Waals surface area contributed by atoms with Gasteiger partial charge in [0.15, 0.2) is 0 Å². The minimum absolute atomic E-state index is 0.876. The zero-order valence-electron chi connectivity index (χ0n) is 9.97. The lowest BCUT2D eigenvalue weighted by atomic mass is 10.2. The van der Waals surface area contributed by atoms with Gasteiger partial charge in [0.1, 0.15) is 0 Å². The Morgan fingerprint density at radius 2 is 2.00 bits per heavy atom. The molecule has 0 spiro atoms. The van der Waals surface area contributed by atoms with Gasteiger partial charge in [-0.05, 0) is 34.6 Å². The van der Waals surface area contributed by atoms with Crippen molar-refractivity contribution in [3.8, 4) is 0 Å². The Bertz CT molecular complexity index is 495. The molecule has 0 N–H and O–H groups in total. The summed E-state index contributed by atoms with van der Waals surface area (Å²) in [5, 5.41) is 4.16. The first-order valence-corrected chi connectivity index (χ1v) is 6.18. The maximum Gasteiger partial charge on any atom is 0.0534 e. The summed E-state index contributed by atoms with van der Waals surface area (Å²) in [7, 11) is 4.02. The first-order chi connectivity index (χ1) is 8.13. The van der Waals surface area contributed by atoms with Crippen molar-refractivity contribution in [3.63, 3.8) is 0 Å². The van der Waals surface area contributed by atoms with Crippen LogP contribution in [0.3, 0.4) is 0 Å². The van der Waals surface area contributed by atoms with E-state index in [1.165, 1.54) is 11.1 Å². The number of rotatable bonds is 4. The third kappa shape index (κ3) is 3.64. The lowest BCUT2D eigenvalue weighted by molar-refractivity contribution is 0.318. The summed E-state index contributed by atoms with van der Waals surface area (Å²) in [4.78, 5) is 6.39. The van der Waals surface area contributed by atoms with Crippen molar-refractivity contribution in [3.05, 3.63) is 46.5 Å². The van der Waals surface area contributed by atoms with Crippen molar-refractivity contribution in [2.75, 3.05) is 7.05 Å². The third-order valence-electron chi connectivity index (χ3n) is 2.42. The van der Waals surface area contributed by atoms with Gasteiger partial charge >= 0.3 is 0 Å². The minimum Gasteiger partial charge on any atom is -0.298 e. The van der Waals surface area contributed by atoms with Gasteiger partial charge in [-0.15, -0.1) is 0 Å². The molecular weight excluding hydrogens is 280 g/mol. The Kier molecular flexibility index (Phi) is 3.91. The molecule has 0 radical (unpaired) electrons. The van der Waals surface area contributed by atoms with Gasteiger partial charge < -0.3 is 0 Å². The van der Waals surface area contributed by atoms with Crippen molar-refractivity contribution in [1.82, 2.24) is 19.7 Å². The van der Waals surface area contributed by atoms with Crippen molar-refractivity contribution >= 4 is 15.9 Å². The monoisotopic (exact) mass is 294 g/mol. The highest BCUT2D eigenvalue weighted by atomic mass is 79.9. The van der Waals surface area contributed by atoms with E-state index in [9.17, 15) is 0 Å². The van der Waals surface area contributed by atoms with Crippen LogP contribution in [0.1, 0.15) is 11.1 Å². The highest BCUT2D eigenvalue weighted by Crippen LogP contribution is 2.12. The number of aryl methyl sites for hydroxylation is 1. The van der Waals surface area contributed by atoms with Gasteiger partial charge in [0.05, 0.1) is 6.20 Å². The van der Waals surface area contributed by atoms with Gasteiger partial charge in [0.2, 0.25) is 0 Å². The SMILES string of the molecule is CN(Cc1cncc(Br)c1)Cc1cnn(C)c1. The molecule has 0 aliphatic heterocycles. The molecule has 2 heterocycles.